The highest BCUT2D eigenvalue weighted by Gasteiger charge is 2.56. The van der Waals surface area contributed by atoms with Crippen molar-refractivity contribution in [2.24, 2.45) is 5.92 Å². The molecule has 3 aromatic rings. The van der Waals surface area contributed by atoms with Crippen molar-refractivity contribution >= 4 is 62.5 Å². The first kappa shape index (κ1) is 24.0. The first-order chi connectivity index (χ1) is 16.8. The van der Waals surface area contributed by atoms with Crippen molar-refractivity contribution in [3.05, 3.63) is 78.7 Å². The maximum Gasteiger partial charge on any atom is 0.326 e. The summed E-state index contributed by atoms with van der Waals surface area (Å²) in [6.07, 6.45) is 0. The molecule has 2 aromatic carbocycles. The van der Waals surface area contributed by atoms with Gasteiger partial charge < -0.3 is 4.74 Å². The van der Waals surface area contributed by atoms with Crippen LogP contribution in [0.4, 0.5) is 5.69 Å². The highest BCUT2D eigenvalue weighted by molar-refractivity contribution is 9.10. The van der Waals surface area contributed by atoms with Crippen molar-refractivity contribution in [2.45, 2.75) is 36.6 Å². The molecule has 7 nitrogen and oxygen atoms in total. The Morgan fingerprint density at radius 3 is 2.51 bits per heavy atom. The molecule has 10 heteroatoms. The first-order valence-corrected chi connectivity index (χ1v) is 13.5. The Morgan fingerprint density at radius 2 is 1.83 bits per heavy atom. The molecule has 3 heterocycles. The van der Waals surface area contributed by atoms with Crippen LogP contribution in [0.15, 0.2) is 62.8 Å². The van der Waals surface area contributed by atoms with E-state index in [2.05, 4.69) is 15.9 Å². The Labute approximate surface area is 218 Å². The predicted octanol–water partition coefficient (Wildman–Crippen LogP) is 4.34. The molecule has 0 radical (unpaired) electrons. The molecule has 1 fully saturated rings. The van der Waals surface area contributed by atoms with Crippen LogP contribution in [0.1, 0.15) is 28.8 Å². The molecular weight excluding hydrogens is 552 g/mol. The third-order valence-corrected chi connectivity index (χ3v) is 9.24. The van der Waals surface area contributed by atoms with Gasteiger partial charge >= 0.3 is 10.8 Å². The number of ether oxygens (including phenoxy) is 1. The van der Waals surface area contributed by atoms with Crippen LogP contribution in [-0.2, 0) is 25.7 Å². The molecular formula is C25H21BrN2O5S2. The third kappa shape index (κ3) is 4.17. The number of carbonyl (C=O) groups is 3. The summed E-state index contributed by atoms with van der Waals surface area (Å²) in [6, 6.07) is 14.8. The summed E-state index contributed by atoms with van der Waals surface area (Å²) < 4.78 is 7.26. The molecule has 0 unspecified atom stereocenters. The number of benzene rings is 2. The van der Waals surface area contributed by atoms with E-state index < -0.39 is 23.1 Å². The van der Waals surface area contributed by atoms with Crippen LogP contribution in [0.5, 0.6) is 0 Å². The molecule has 180 valence electrons. The van der Waals surface area contributed by atoms with E-state index in [-0.39, 0.29) is 29.8 Å². The molecule has 2 aliphatic rings. The topological polar surface area (TPSA) is 85.7 Å². The molecule has 1 saturated heterocycles. The van der Waals surface area contributed by atoms with Crippen molar-refractivity contribution in [1.29, 1.82) is 0 Å². The number of imide groups is 1. The molecule has 0 saturated carbocycles. The summed E-state index contributed by atoms with van der Waals surface area (Å²) in [4.78, 5) is 54.3. The summed E-state index contributed by atoms with van der Waals surface area (Å²) in [5.41, 5.74) is 2.38. The van der Waals surface area contributed by atoms with Crippen LogP contribution >= 0.6 is 39.0 Å². The van der Waals surface area contributed by atoms with E-state index in [1.165, 1.54) is 21.2 Å². The number of fused-ring (bicyclic) bond motifs is 2. The zero-order valence-electron chi connectivity index (χ0n) is 18.9. The second-order valence-electron chi connectivity index (χ2n) is 8.37. The number of aromatic nitrogens is 1. The number of amides is 2. The number of thiazole rings is 1. The van der Waals surface area contributed by atoms with Crippen LogP contribution in [0, 0.1) is 12.8 Å². The normalized spacial score (nSPS) is 21.1. The molecule has 0 aliphatic carbocycles. The van der Waals surface area contributed by atoms with E-state index >= 15 is 0 Å². The number of halogens is 1. The lowest BCUT2D eigenvalue weighted by molar-refractivity contribution is -0.144. The van der Waals surface area contributed by atoms with E-state index in [0.717, 1.165) is 26.9 Å². The molecule has 2 amide bonds. The lowest BCUT2D eigenvalue weighted by Gasteiger charge is -2.30. The number of carbonyl (C=O) groups excluding carboxylic acids is 3. The van der Waals surface area contributed by atoms with Crippen molar-refractivity contribution in [3.63, 3.8) is 0 Å². The van der Waals surface area contributed by atoms with Crippen molar-refractivity contribution in [2.75, 3.05) is 11.5 Å². The minimum Gasteiger partial charge on any atom is -0.465 e. The monoisotopic (exact) mass is 572 g/mol. The number of rotatable bonds is 5. The molecule has 2 aliphatic heterocycles. The third-order valence-electron chi connectivity index (χ3n) is 6.14. The zero-order chi connectivity index (χ0) is 24.9. The fraction of sp³-hybridized carbons (Fsp3) is 0.280. The average Bonchev–Trinajstić information content (AvgIpc) is 3.26. The summed E-state index contributed by atoms with van der Waals surface area (Å²) in [5, 5.41) is -0.172. The lowest BCUT2D eigenvalue weighted by Crippen LogP contribution is -2.32. The smallest absolute Gasteiger partial charge is 0.326 e. The Kier molecular flexibility index (Phi) is 6.45. The van der Waals surface area contributed by atoms with Gasteiger partial charge in [0.15, 0.2) is 0 Å². The Morgan fingerprint density at radius 1 is 1.09 bits per heavy atom. The van der Waals surface area contributed by atoms with Crippen molar-refractivity contribution in [1.82, 2.24) is 4.57 Å². The average molecular weight is 573 g/mol. The van der Waals surface area contributed by atoms with Crippen molar-refractivity contribution in [3.8, 4) is 0 Å². The van der Waals surface area contributed by atoms with Gasteiger partial charge in [0.05, 0.1) is 23.2 Å². The van der Waals surface area contributed by atoms with Crippen LogP contribution < -0.4 is 9.77 Å². The largest absolute Gasteiger partial charge is 0.465 e. The molecule has 3 atom stereocenters. The number of thioether (sulfide) groups is 1. The fourth-order valence-electron chi connectivity index (χ4n) is 4.60. The number of hydrogen-bond acceptors (Lipinski definition) is 7. The maximum absolute atomic E-state index is 13.8. The van der Waals surface area contributed by atoms with Gasteiger partial charge in [0, 0.05) is 15.3 Å². The van der Waals surface area contributed by atoms with Crippen LogP contribution in [0.2, 0.25) is 0 Å². The van der Waals surface area contributed by atoms with Gasteiger partial charge in [-0.25, -0.2) is 4.90 Å². The molecule has 0 bridgehead atoms. The number of aryl methyl sites for hydroxylation is 1. The van der Waals surface area contributed by atoms with Crippen molar-refractivity contribution < 1.29 is 19.1 Å². The van der Waals surface area contributed by atoms with Gasteiger partial charge in [-0.05, 0) is 43.7 Å². The summed E-state index contributed by atoms with van der Waals surface area (Å²) in [6.45, 7) is 3.61. The van der Waals surface area contributed by atoms with Gasteiger partial charge in [-0.1, -0.05) is 68.9 Å². The van der Waals surface area contributed by atoms with Gasteiger partial charge in [-0.2, -0.15) is 0 Å². The second kappa shape index (κ2) is 9.40. The lowest BCUT2D eigenvalue weighted by atomic mass is 9.83. The highest BCUT2D eigenvalue weighted by atomic mass is 79.9. The standard InChI is InChI=1S/C25H21BrN2O5S2/c1-3-33-17(29)12-27-24-21(35-25(27)32)18(14-5-4-6-15(26)11-14)19-20(34-24)23(31)28(22(19)30)16-9-7-13(2)8-10-16/h4-11,18-20H,3,12H2,1-2H3/t18-,19-,20+/m0/s1. The molecule has 35 heavy (non-hydrogen) atoms. The molecule has 1 aromatic heterocycles. The highest BCUT2D eigenvalue weighted by Crippen LogP contribution is 2.54. The van der Waals surface area contributed by atoms with Gasteiger partial charge in [-0.15, -0.1) is 0 Å². The summed E-state index contributed by atoms with van der Waals surface area (Å²) in [5.74, 6) is -2.30. The molecule has 0 spiro atoms. The van der Waals surface area contributed by atoms with Gasteiger partial charge in [0.25, 0.3) is 0 Å². The van der Waals surface area contributed by atoms with Crippen LogP contribution in [0.3, 0.4) is 0 Å². The number of nitrogens with zero attached hydrogens (tertiary/aromatic N) is 2. The Balaban J connectivity index is 1.65. The van der Waals surface area contributed by atoms with E-state index in [1.807, 2.05) is 43.3 Å². The van der Waals surface area contributed by atoms with E-state index in [9.17, 15) is 19.2 Å². The van der Waals surface area contributed by atoms with Gasteiger partial charge in [-0.3, -0.25) is 23.7 Å². The quantitative estimate of drug-likeness (QED) is 0.334. The van der Waals surface area contributed by atoms with Gasteiger partial charge in [0.2, 0.25) is 11.8 Å². The maximum atomic E-state index is 13.8. The van der Waals surface area contributed by atoms with Crippen LogP contribution in [0.25, 0.3) is 0 Å². The molecule has 0 N–H and O–H groups in total. The number of hydrogen-bond donors (Lipinski definition) is 0. The number of anilines is 1. The SMILES string of the molecule is CCOC(=O)Cn1c2c(sc1=O)[C@@H](c1cccc(Br)c1)[C@@H]1C(=O)N(c3ccc(C)cc3)C(=O)[C@@H]1S2. The molecule has 5 rings (SSSR count). The van der Waals surface area contributed by atoms with Crippen LogP contribution in [-0.4, -0.2) is 34.2 Å². The predicted molar refractivity (Wildman–Crippen MR) is 138 cm³/mol. The Bertz CT molecular complexity index is 1400. The zero-order valence-corrected chi connectivity index (χ0v) is 22.1. The summed E-state index contributed by atoms with van der Waals surface area (Å²) >= 11 is 5.71. The number of esters is 1. The minimum atomic E-state index is -0.720. The van der Waals surface area contributed by atoms with E-state index in [0.29, 0.717) is 15.6 Å². The minimum absolute atomic E-state index is 0.205. The van der Waals surface area contributed by atoms with E-state index in [4.69, 9.17) is 4.74 Å². The summed E-state index contributed by atoms with van der Waals surface area (Å²) in [7, 11) is 0. The van der Waals surface area contributed by atoms with E-state index in [1.54, 1.807) is 19.1 Å². The van der Waals surface area contributed by atoms with Gasteiger partial charge in [0.1, 0.15) is 11.8 Å². The first-order valence-electron chi connectivity index (χ1n) is 11.1. The fourth-order valence-corrected chi connectivity index (χ4v) is 7.79. The second-order valence-corrected chi connectivity index (χ2v) is 11.4. The Hall–Kier alpha value is -2.69.